The highest BCUT2D eigenvalue weighted by Gasteiger charge is 2.34. The van der Waals surface area contributed by atoms with E-state index in [9.17, 15) is 4.79 Å². The molecule has 3 heterocycles. The van der Waals surface area contributed by atoms with Gasteiger partial charge < -0.3 is 9.42 Å². The third kappa shape index (κ3) is 2.79. The fourth-order valence-electron chi connectivity index (χ4n) is 3.63. The van der Waals surface area contributed by atoms with Gasteiger partial charge in [-0.3, -0.25) is 9.36 Å². The molecule has 1 aliphatic rings. The number of aryl methyl sites for hydroxylation is 2. The van der Waals surface area contributed by atoms with Crippen molar-refractivity contribution in [1.82, 2.24) is 24.8 Å². The molecule has 1 amide bonds. The molecule has 26 heavy (non-hydrogen) atoms. The second-order valence-corrected chi connectivity index (χ2v) is 6.60. The quantitative estimate of drug-likeness (QED) is 0.724. The van der Waals surface area contributed by atoms with Crippen molar-refractivity contribution in [2.24, 2.45) is 0 Å². The van der Waals surface area contributed by atoms with Crippen LogP contribution in [-0.4, -0.2) is 37.3 Å². The van der Waals surface area contributed by atoms with E-state index in [1.807, 2.05) is 39.8 Å². The number of amides is 1. The molecule has 0 bridgehead atoms. The molecule has 0 radical (unpaired) electrons. The minimum atomic E-state index is -0.118. The van der Waals surface area contributed by atoms with Gasteiger partial charge in [0.05, 0.1) is 11.7 Å². The van der Waals surface area contributed by atoms with E-state index in [0.717, 1.165) is 30.8 Å². The van der Waals surface area contributed by atoms with Crippen molar-refractivity contribution in [3.05, 3.63) is 59.5 Å². The summed E-state index contributed by atoms with van der Waals surface area (Å²) >= 11 is 0. The summed E-state index contributed by atoms with van der Waals surface area (Å²) in [5.41, 5.74) is 2.17. The Labute approximate surface area is 151 Å². The zero-order valence-electron chi connectivity index (χ0n) is 14.9. The Morgan fingerprint density at radius 3 is 2.73 bits per heavy atom. The van der Waals surface area contributed by atoms with E-state index < -0.39 is 0 Å². The maximum Gasteiger partial charge on any atom is 0.259 e. The molecular weight excluding hydrogens is 330 g/mol. The van der Waals surface area contributed by atoms with Crippen molar-refractivity contribution < 1.29 is 9.32 Å². The van der Waals surface area contributed by atoms with Gasteiger partial charge in [0.15, 0.2) is 5.82 Å². The van der Waals surface area contributed by atoms with Crippen LogP contribution in [0.25, 0.3) is 5.69 Å². The summed E-state index contributed by atoms with van der Waals surface area (Å²) in [6.45, 7) is 4.27. The average Bonchev–Trinajstić information content (AvgIpc) is 3.29. The number of para-hydroxylation sites is 1. The molecule has 1 aliphatic heterocycles. The largest absolute Gasteiger partial charge is 0.361 e. The van der Waals surface area contributed by atoms with Crippen LogP contribution >= 0.6 is 0 Å². The van der Waals surface area contributed by atoms with Crippen LogP contribution in [0.15, 0.2) is 41.2 Å². The second-order valence-electron chi connectivity index (χ2n) is 6.60. The second kappa shape index (κ2) is 6.74. The molecular formula is C19H21N5O2. The lowest BCUT2D eigenvalue weighted by atomic mass is 9.99. The van der Waals surface area contributed by atoms with E-state index in [1.165, 1.54) is 0 Å². The number of benzene rings is 1. The van der Waals surface area contributed by atoms with Gasteiger partial charge in [-0.15, -0.1) is 10.2 Å². The summed E-state index contributed by atoms with van der Waals surface area (Å²) in [5.74, 6) is 1.30. The first kappa shape index (κ1) is 16.5. The van der Waals surface area contributed by atoms with E-state index >= 15 is 0 Å². The molecule has 1 atom stereocenters. The first-order valence-electron chi connectivity index (χ1n) is 8.86. The molecule has 1 aromatic carbocycles. The zero-order valence-corrected chi connectivity index (χ0v) is 14.9. The molecule has 2 aromatic heterocycles. The molecule has 1 fully saturated rings. The van der Waals surface area contributed by atoms with Gasteiger partial charge in [0.25, 0.3) is 5.91 Å². The average molecular weight is 351 g/mol. The van der Waals surface area contributed by atoms with Gasteiger partial charge in [0.1, 0.15) is 17.7 Å². The predicted octanol–water partition coefficient (Wildman–Crippen LogP) is 3.24. The molecule has 4 rings (SSSR count). The van der Waals surface area contributed by atoms with Crippen LogP contribution in [0.5, 0.6) is 0 Å². The van der Waals surface area contributed by atoms with E-state index in [1.54, 1.807) is 20.2 Å². The molecule has 1 unspecified atom stereocenters. The van der Waals surface area contributed by atoms with Crippen LogP contribution in [0.4, 0.5) is 0 Å². The number of rotatable bonds is 3. The highest BCUT2D eigenvalue weighted by atomic mass is 16.5. The van der Waals surface area contributed by atoms with E-state index in [0.29, 0.717) is 23.6 Å². The summed E-state index contributed by atoms with van der Waals surface area (Å²) in [6.07, 6.45) is 4.60. The molecule has 7 nitrogen and oxygen atoms in total. The minimum Gasteiger partial charge on any atom is -0.361 e. The van der Waals surface area contributed by atoms with Gasteiger partial charge in [0, 0.05) is 12.2 Å². The molecule has 0 spiro atoms. The van der Waals surface area contributed by atoms with Crippen molar-refractivity contribution in [2.75, 3.05) is 6.54 Å². The van der Waals surface area contributed by atoms with Gasteiger partial charge in [0.2, 0.25) is 0 Å². The fourth-order valence-corrected chi connectivity index (χ4v) is 3.63. The number of carbonyl (C=O) groups is 1. The van der Waals surface area contributed by atoms with Crippen molar-refractivity contribution in [3.8, 4) is 5.69 Å². The summed E-state index contributed by atoms with van der Waals surface area (Å²) in [6, 6.07) is 9.83. The lowest BCUT2D eigenvalue weighted by molar-refractivity contribution is 0.0595. The molecule has 134 valence electrons. The predicted molar refractivity (Wildman–Crippen MR) is 95.0 cm³/mol. The maximum absolute atomic E-state index is 13.2. The number of aromatic nitrogens is 4. The first-order chi connectivity index (χ1) is 12.7. The topological polar surface area (TPSA) is 77.1 Å². The SMILES string of the molecule is Cc1noc(C)c1C(=O)N1CCCCC1c1nncn1-c1ccccc1. The Hall–Kier alpha value is -2.96. The van der Waals surface area contributed by atoms with Crippen LogP contribution in [0, 0.1) is 13.8 Å². The Balaban J connectivity index is 1.72. The van der Waals surface area contributed by atoms with Crippen molar-refractivity contribution in [1.29, 1.82) is 0 Å². The van der Waals surface area contributed by atoms with E-state index in [2.05, 4.69) is 15.4 Å². The molecule has 3 aromatic rings. The molecule has 7 heteroatoms. The first-order valence-corrected chi connectivity index (χ1v) is 8.86. The highest BCUT2D eigenvalue weighted by molar-refractivity contribution is 5.96. The number of hydrogen-bond acceptors (Lipinski definition) is 5. The summed E-state index contributed by atoms with van der Waals surface area (Å²) in [4.78, 5) is 15.1. The number of likely N-dealkylation sites (tertiary alicyclic amines) is 1. The van der Waals surface area contributed by atoms with E-state index in [-0.39, 0.29) is 11.9 Å². The van der Waals surface area contributed by atoms with Crippen LogP contribution in [0.2, 0.25) is 0 Å². The van der Waals surface area contributed by atoms with Gasteiger partial charge in [-0.05, 0) is 45.2 Å². The minimum absolute atomic E-state index is 0.0476. The van der Waals surface area contributed by atoms with Gasteiger partial charge >= 0.3 is 0 Å². The van der Waals surface area contributed by atoms with Crippen LogP contribution in [-0.2, 0) is 0 Å². The fraction of sp³-hybridized carbons (Fsp3) is 0.368. The Morgan fingerprint density at radius 1 is 1.19 bits per heavy atom. The number of carbonyl (C=O) groups excluding carboxylic acids is 1. The van der Waals surface area contributed by atoms with Crippen molar-refractivity contribution in [2.45, 2.75) is 39.2 Å². The van der Waals surface area contributed by atoms with Gasteiger partial charge in [-0.25, -0.2) is 0 Å². The highest BCUT2D eigenvalue weighted by Crippen LogP contribution is 2.33. The molecule has 0 saturated carbocycles. The third-order valence-corrected chi connectivity index (χ3v) is 4.92. The number of piperidine rings is 1. The van der Waals surface area contributed by atoms with Gasteiger partial charge in [-0.2, -0.15) is 0 Å². The van der Waals surface area contributed by atoms with Crippen molar-refractivity contribution in [3.63, 3.8) is 0 Å². The Kier molecular flexibility index (Phi) is 4.28. The van der Waals surface area contributed by atoms with Gasteiger partial charge in [-0.1, -0.05) is 23.4 Å². The zero-order chi connectivity index (χ0) is 18.1. The normalized spacial score (nSPS) is 17.5. The van der Waals surface area contributed by atoms with Crippen LogP contribution in [0.1, 0.15) is 52.9 Å². The summed E-state index contributed by atoms with van der Waals surface area (Å²) in [5, 5.41) is 12.4. The number of hydrogen-bond donors (Lipinski definition) is 0. The third-order valence-electron chi connectivity index (χ3n) is 4.92. The Morgan fingerprint density at radius 2 is 2.00 bits per heavy atom. The van der Waals surface area contributed by atoms with Crippen LogP contribution < -0.4 is 0 Å². The molecule has 0 N–H and O–H groups in total. The van der Waals surface area contributed by atoms with E-state index in [4.69, 9.17) is 4.52 Å². The lowest BCUT2D eigenvalue weighted by Gasteiger charge is -2.35. The monoisotopic (exact) mass is 351 g/mol. The van der Waals surface area contributed by atoms with Crippen LogP contribution in [0.3, 0.4) is 0 Å². The molecule has 0 aliphatic carbocycles. The summed E-state index contributed by atoms with van der Waals surface area (Å²) < 4.78 is 7.16. The lowest BCUT2D eigenvalue weighted by Crippen LogP contribution is -2.40. The van der Waals surface area contributed by atoms with Crippen molar-refractivity contribution >= 4 is 5.91 Å². The smallest absolute Gasteiger partial charge is 0.259 e. The Bertz CT molecular complexity index is 896. The molecule has 1 saturated heterocycles. The number of nitrogens with zero attached hydrogens (tertiary/aromatic N) is 5. The maximum atomic E-state index is 13.2. The standard InChI is InChI=1S/C19H21N5O2/c1-13-17(14(2)26-22-13)19(25)23-11-7-6-10-16(23)18-21-20-12-24(18)15-8-4-3-5-9-15/h3-5,8-9,12,16H,6-7,10-11H2,1-2H3. The summed E-state index contributed by atoms with van der Waals surface area (Å²) in [7, 11) is 0.